The first-order chi connectivity index (χ1) is 9.61. The Balaban J connectivity index is 1.94. The SMILES string of the molecule is COCCCNC(=O)c1sc(N2CCC(N)C2)nc1N. The van der Waals surface area contributed by atoms with Crippen LogP contribution in [0.25, 0.3) is 0 Å². The fourth-order valence-corrected chi connectivity index (χ4v) is 3.01. The van der Waals surface area contributed by atoms with Gasteiger partial charge in [-0.25, -0.2) is 4.98 Å². The average molecular weight is 299 g/mol. The van der Waals surface area contributed by atoms with E-state index in [0.717, 1.165) is 31.1 Å². The van der Waals surface area contributed by atoms with Gasteiger partial charge in [0.25, 0.3) is 5.91 Å². The third-order valence-corrected chi connectivity index (χ3v) is 4.29. The average Bonchev–Trinajstić information content (AvgIpc) is 3.00. The number of amides is 1. The van der Waals surface area contributed by atoms with E-state index in [2.05, 4.69) is 15.2 Å². The Morgan fingerprint density at radius 2 is 2.45 bits per heavy atom. The number of nitrogens with one attached hydrogen (secondary N) is 1. The summed E-state index contributed by atoms with van der Waals surface area (Å²) in [6.45, 7) is 2.81. The smallest absolute Gasteiger partial charge is 0.265 e. The second kappa shape index (κ2) is 6.87. The maximum absolute atomic E-state index is 12.0. The minimum absolute atomic E-state index is 0.173. The molecule has 0 aromatic carbocycles. The molecule has 2 rings (SSSR count). The van der Waals surface area contributed by atoms with E-state index in [1.54, 1.807) is 7.11 Å². The molecule has 1 saturated heterocycles. The van der Waals surface area contributed by atoms with E-state index in [-0.39, 0.29) is 17.8 Å². The molecule has 1 aliphatic rings. The van der Waals surface area contributed by atoms with Crippen molar-refractivity contribution in [1.82, 2.24) is 10.3 Å². The fraction of sp³-hybridized carbons (Fsp3) is 0.667. The number of nitrogens with two attached hydrogens (primary N) is 2. The predicted octanol–water partition coefficient (Wildman–Crippen LogP) is 0.0290. The molecule has 20 heavy (non-hydrogen) atoms. The summed E-state index contributed by atoms with van der Waals surface area (Å²) < 4.78 is 4.93. The normalized spacial score (nSPS) is 18.5. The third-order valence-electron chi connectivity index (χ3n) is 3.15. The van der Waals surface area contributed by atoms with Crippen LogP contribution in [-0.2, 0) is 4.74 Å². The number of hydrogen-bond acceptors (Lipinski definition) is 7. The molecule has 0 saturated carbocycles. The Bertz CT molecular complexity index is 465. The summed E-state index contributed by atoms with van der Waals surface area (Å²) in [5.74, 6) is 0.112. The summed E-state index contributed by atoms with van der Waals surface area (Å²) in [5, 5.41) is 3.59. The van der Waals surface area contributed by atoms with Crippen LogP contribution < -0.4 is 21.7 Å². The largest absolute Gasteiger partial charge is 0.385 e. The molecule has 0 bridgehead atoms. The molecular weight excluding hydrogens is 278 g/mol. The van der Waals surface area contributed by atoms with Crippen molar-refractivity contribution in [3.05, 3.63) is 4.88 Å². The summed E-state index contributed by atoms with van der Waals surface area (Å²) >= 11 is 1.32. The number of nitrogen functional groups attached to an aromatic ring is 1. The molecule has 1 aliphatic heterocycles. The number of thiazole rings is 1. The zero-order valence-electron chi connectivity index (χ0n) is 11.6. The van der Waals surface area contributed by atoms with E-state index in [1.807, 2.05) is 0 Å². The van der Waals surface area contributed by atoms with E-state index >= 15 is 0 Å². The lowest BCUT2D eigenvalue weighted by molar-refractivity contribution is 0.0953. The minimum Gasteiger partial charge on any atom is -0.385 e. The van der Waals surface area contributed by atoms with Crippen LogP contribution in [0.4, 0.5) is 10.9 Å². The molecule has 1 unspecified atom stereocenters. The van der Waals surface area contributed by atoms with Gasteiger partial charge >= 0.3 is 0 Å². The highest BCUT2D eigenvalue weighted by Gasteiger charge is 2.24. The first-order valence-corrected chi connectivity index (χ1v) is 7.47. The van der Waals surface area contributed by atoms with E-state index < -0.39 is 0 Å². The van der Waals surface area contributed by atoms with Crippen molar-refractivity contribution in [2.24, 2.45) is 5.73 Å². The van der Waals surface area contributed by atoms with Gasteiger partial charge in [0, 0.05) is 39.4 Å². The molecule has 1 amide bonds. The predicted molar refractivity (Wildman–Crippen MR) is 80.2 cm³/mol. The van der Waals surface area contributed by atoms with Crippen molar-refractivity contribution in [3.8, 4) is 0 Å². The number of carbonyl (C=O) groups is 1. The van der Waals surface area contributed by atoms with Crippen LogP contribution in [0, 0.1) is 0 Å². The van der Waals surface area contributed by atoms with Crippen molar-refractivity contribution in [2.75, 3.05) is 44.0 Å². The number of rotatable bonds is 6. The number of carbonyl (C=O) groups excluding carboxylic acids is 1. The summed E-state index contributed by atoms with van der Waals surface area (Å²) in [7, 11) is 1.63. The highest BCUT2D eigenvalue weighted by molar-refractivity contribution is 7.18. The van der Waals surface area contributed by atoms with Gasteiger partial charge in [-0.1, -0.05) is 11.3 Å². The van der Waals surface area contributed by atoms with Crippen molar-refractivity contribution >= 4 is 28.2 Å². The first kappa shape index (κ1) is 15.0. The van der Waals surface area contributed by atoms with Gasteiger partial charge < -0.3 is 26.4 Å². The first-order valence-electron chi connectivity index (χ1n) is 6.65. The van der Waals surface area contributed by atoms with Gasteiger partial charge in [0.1, 0.15) is 10.7 Å². The van der Waals surface area contributed by atoms with Gasteiger partial charge in [-0.15, -0.1) is 0 Å². The van der Waals surface area contributed by atoms with Crippen LogP contribution in [0.3, 0.4) is 0 Å². The van der Waals surface area contributed by atoms with Gasteiger partial charge in [0.15, 0.2) is 5.13 Å². The highest BCUT2D eigenvalue weighted by Crippen LogP contribution is 2.30. The Labute approximate surface area is 122 Å². The Morgan fingerprint density at radius 1 is 1.65 bits per heavy atom. The number of ether oxygens (including phenoxy) is 1. The molecule has 1 atom stereocenters. The second-order valence-electron chi connectivity index (χ2n) is 4.81. The van der Waals surface area contributed by atoms with Crippen LogP contribution in [0.1, 0.15) is 22.5 Å². The van der Waals surface area contributed by atoms with Gasteiger partial charge in [0.2, 0.25) is 0 Å². The molecule has 1 fully saturated rings. The summed E-state index contributed by atoms with van der Waals surface area (Å²) in [5.41, 5.74) is 11.7. The topological polar surface area (TPSA) is 106 Å². The second-order valence-corrected chi connectivity index (χ2v) is 5.79. The minimum atomic E-state index is -0.175. The van der Waals surface area contributed by atoms with Gasteiger partial charge in [-0.3, -0.25) is 4.79 Å². The molecule has 112 valence electrons. The van der Waals surface area contributed by atoms with E-state index in [0.29, 0.717) is 18.0 Å². The highest BCUT2D eigenvalue weighted by atomic mass is 32.1. The number of nitrogens with zero attached hydrogens (tertiary/aromatic N) is 2. The van der Waals surface area contributed by atoms with Crippen molar-refractivity contribution in [3.63, 3.8) is 0 Å². The molecule has 0 radical (unpaired) electrons. The molecule has 0 aliphatic carbocycles. The maximum atomic E-state index is 12.0. The fourth-order valence-electron chi connectivity index (χ4n) is 2.08. The molecule has 1 aromatic heterocycles. The standard InChI is InChI=1S/C12H21N5O2S/c1-19-6-2-4-15-11(18)9-10(14)16-12(20-9)17-5-3-8(13)7-17/h8H,2-7,13-14H2,1H3,(H,15,18). The summed E-state index contributed by atoms with van der Waals surface area (Å²) in [6, 6.07) is 0.173. The lowest BCUT2D eigenvalue weighted by Crippen LogP contribution is -2.26. The number of anilines is 2. The van der Waals surface area contributed by atoms with E-state index in [9.17, 15) is 4.79 Å². The quantitative estimate of drug-likeness (QED) is 0.640. The van der Waals surface area contributed by atoms with E-state index in [1.165, 1.54) is 11.3 Å². The maximum Gasteiger partial charge on any atom is 0.265 e. The van der Waals surface area contributed by atoms with Crippen molar-refractivity contribution < 1.29 is 9.53 Å². The zero-order valence-corrected chi connectivity index (χ0v) is 12.4. The van der Waals surface area contributed by atoms with Crippen LogP contribution in [-0.4, -0.2) is 50.3 Å². The monoisotopic (exact) mass is 299 g/mol. The Kier molecular flexibility index (Phi) is 5.16. The van der Waals surface area contributed by atoms with Crippen LogP contribution >= 0.6 is 11.3 Å². The van der Waals surface area contributed by atoms with Gasteiger partial charge in [-0.2, -0.15) is 0 Å². The Hall–Kier alpha value is -1.38. The van der Waals surface area contributed by atoms with Crippen molar-refractivity contribution in [2.45, 2.75) is 18.9 Å². The van der Waals surface area contributed by atoms with Crippen LogP contribution in [0.2, 0.25) is 0 Å². The molecule has 0 spiro atoms. The van der Waals surface area contributed by atoms with E-state index in [4.69, 9.17) is 16.2 Å². The number of methoxy groups -OCH3 is 1. The molecule has 5 N–H and O–H groups in total. The summed E-state index contributed by atoms with van der Waals surface area (Å²) in [6.07, 6.45) is 1.72. The van der Waals surface area contributed by atoms with Crippen LogP contribution in [0.5, 0.6) is 0 Å². The van der Waals surface area contributed by atoms with Crippen LogP contribution in [0.15, 0.2) is 0 Å². The third kappa shape index (κ3) is 3.59. The lowest BCUT2D eigenvalue weighted by Gasteiger charge is -2.12. The summed E-state index contributed by atoms with van der Waals surface area (Å²) in [4.78, 5) is 18.8. The van der Waals surface area contributed by atoms with Crippen molar-refractivity contribution in [1.29, 1.82) is 0 Å². The molecule has 2 heterocycles. The number of aromatic nitrogens is 1. The molecule has 1 aromatic rings. The lowest BCUT2D eigenvalue weighted by atomic mass is 10.3. The molecular formula is C12H21N5O2S. The molecule has 7 nitrogen and oxygen atoms in total. The van der Waals surface area contributed by atoms with Gasteiger partial charge in [-0.05, 0) is 12.8 Å². The zero-order chi connectivity index (χ0) is 14.5. The Morgan fingerprint density at radius 3 is 3.10 bits per heavy atom. The molecule has 8 heteroatoms. The van der Waals surface area contributed by atoms with Gasteiger partial charge in [0.05, 0.1) is 0 Å². The number of hydrogen-bond donors (Lipinski definition) is 3.